The van der Waals surface area contributed by atoms with E-state index in [1.807, 2.05) is 4.90 Å². The molecule has 1 N–H and O–H groups in total. The molecule has 0 aromatic rings. The number of likely N-dealkylation sites (tertiary alicyclic amines) is 1. The second-order valence-electron chi connectivity index (χ2n) is 4.40. The van der Waals surface area contributed by atoms with Crippen LogP contribution < -0.4 is 0 Å². The topological polar surface area (TPSA) is 40.5 Å². The van der Waals surface area contributed by atoms with E-state index >= 15 is 0 Å². The van der Waals surface area contributed by atoms with Gasteiger partial charge in [0.1, 0.15) is 0 Å². The van der Waals surface area contributed by atoms with Crippen molar-refractivity contribution >= 4 is 18.4 Å². The lowest BCUT2D eigenvalue weighted by Crippen LogP contribution is -2.27. The summed E-state index contributed by atoms with van der Waals surface area (Å²) in [6, 6.07) is 0. The van der Waals surface area contributed by atoms with Crippen LogP contribution in [0, 0.1) is 0 Å². The predicted molar refractivity (Wildman–Crippen MR) is 64.0 cm³/mol. The maximum atomic E-state index is 13.0. The first kappa shape index (κ1) is 16.6. The van der Waals surface area contributed by atoms with Crippen LogP contribution >= 0.6 is 12.4 Å². The summed E-state index contributed by atoms with van der Waals surface area (Å²) in [5, 5.41) is 8.45. The molecule has 0 aliphatic carbocycles. The number of aliphatic carboxylic acids is 1. The monoisotopic (exact) mass is 271 g/mol. The lowest BCUT2D eigenvalue weighted by atomic mass is 10.1. The van der Waals surface area contributed by atoms with E-state index in [4.69, 9.17) is 5.11 Å². The van der Waals surface area contributed by atoms with E-state index < -0.39 is 11.9 Å². The molecule has 1 rings (SSSR count). The Labute approximate surface area is 107 Å². The van der Waals surface area contributed by atoms with Gasteiger partial charge in [-0.25, -0.2) is 8.78 Å². The lowest BCUT2D eigenvalue weighted by molar-refractivity contribution is -0.137. The molecule has 1 aliphatic rings. The quantitative estimate of drug-likeness (QED) is 0.782. The van der Waals surface area contributed by atoms with Crippen molar-refractivity contribution in [3.63, 3.8) is 0 Å². The second kappa shape index (κ2) is 7.82. The standard InChI is InChI=1S/C11H19F2NO2.ClH/c12-11(13)5-3-8-14(9-6-11)7-2-1-4-10(15)16;/h1-9H2,(H,15,16);1H. The van der Waals surface area contributed by atoms with Gasteiger partial charge in [0, 0.05) is 25.8 Å². The molecule has 0 atom stereocenters. The summed E-state index contributed by atoms with van der Waals surface area (Å²) in [4.78, 5) is 12.3. The Balaban J connectivity index is 0.00000256. The van der Waals surface area contributed by atoms with Crippen molar-refractivity contribution in [2.45, 2.75) is 44.4 Å². The molecule has 0 aromatic heterocycles. The SMILES string of the molecule is Cl.O=C(O)CCCCN1CCCC(F)(F)CC1. The van der Waals surface area contributed by atoms with Gasteiger partial charge in [-0.05, 0) is 32.4 Å². The third-order valence-corrected chi connectivity index (χ3v) is 2.93. The number of nitrogens with zero attached hydrogens (tertiary/aromatic N) is 1. The highest BCUT2D eigenvalue weighted by Crippen LogP contribution is 2.27. The predicted octanol–water partition coefficient (Wildman–Crippen LogP) is 2.78. The average Bonchev–Trinajstić information content (AvgIpc) is 2.34. The van der Waals surface area contributed by atoms with Crippen LogP contribution in [0.4, 0.5) is 8.78 Å². The van der Waals surface area contributed by atoms with Crippen molar-refractivity contribution in [1.29, 1.82) is 0 Å². The van der Waals surface area contributed by atoms with Crippen LogP contribution in [0.1, 0.15) is 38.5 Å². The van der Waals surface area contributed by atoms with Crippen molar-refractivity contribution in [1.82, 2.24) is 4.90 Å². The Bertz CT molecular complexity index is 240. The zero-order valence-corrected chi connectivity index (χ0v) is 10.6. The van der Waals surface area contributed by atoms with Gasteiger partial charge in [0.15, 0.2) is 0 Å². The Kier molecular flexibility index (Phi) is 7.63. The number of unbranched alkanes of at least 4 members (excludes halogenated alkanes) is 1. The van der Waals surface area contributed by atoms with Crippen LogP contribution in [-0.2, 0) is 4.79 Å². The van der Waals surface area contributed by atoms with Gasteiger partial charge in [-0.1, -0.05) is 0 Å². The molecule has 1 aliphatic heterocycles. The van der Waals surface area contributed by atoms with Crippen molar-refractivity contribution in [2.75, 3.05) is 19.6 Å². The summed E-state index contributed by atoms with van der Waals surface area (Å²) in [5.74, 6) is -3.29. The molecule has 0 bridgehead atoms. The van der Waals surface area contributed by atoms with E-state index in [9.17, 15) is 13.6 Å². The molecule has 0 amide bonds. The summed E-state index contributed by atoms with van der Waals surface area (Å²) in [7, 11) is 0. The minimum atomic E-state index is -2.50. The largest absolute Gasteiger partial charge is 0.481 e. The summed E-state index contributed by atoms with van der Waals surface area (Å²) in [6.45, 7) is 1.88. The third kappa shape index (κ3) is 7.49. The van der Waals surface area contributed by atoms with E-state index in [0.29, 0.717) is 25.9 Å². The second-order valence-corrected chi connectivity index (χ2v) is 4.40. The van der Waals surface area contributed by atoms with Crippen molar-refractivity contribution < 1.29 is 18.7 Å². The molecule has 1 heterocycles. The van der Waals surface area contributed by atoms with E-state index in [1.54, 1.807) is 0 Å². The van der Waals surface area contributed by atoms with Crippen LogP contribution in [0.2, 0.25) is 0 Å². The molecule has 102 valence electrons. The van der Waals surface area contributed by atoms with Gasteiger partial charge >= 0.3 is 5.97 Å². The van der Waals surface area contributed by atoms with E-state index in [2.05, 4.69) is 0 Å². The minimum Gasteiger partial charge on any atom is -0.481 e. The number of carbonyl (C=O) groups is 1. The van der Waals surface area contributed by atoms with Crippen LogP contribution in [0.3, 0.4) is 0 Å². The Morgan fingerprint density at radius 3 is 2.59 bits per heavy atom. The first-order chi connectivity index (χ1) is 7.49. The molecular formula is C11H20ClF2NO2. The van der Waals surface area contributed by atoms with Crippen molar-refractivity contribution in [3.8, 4) is 0 Å². The number of carboxylic acids is 1. The highest BCUT2D eigenvalue weighted by molar-refractivity contribution is 5.85. The number of halogens is 3. The number of rotatable bonds is 5. The zero-order chi connectivity index (χ0) is 12.0. The summed E-state index contributed by atoms with van der Waals surface area (Å²) in [6.07, 6.45) is 2.03. The number of hydrogen-bond acceptors (Lipinski definition) is 2. The molecule has 17 heavy (non-hydrogen) atoms. The maximum absolute atomic E-state index is 13.0. The molecule has 6 heteroatoms. The van der Waals surface area contributed by atoms with Gasteiger partial charge < -0.3 is 10.0 Å². The van der Waals surface area contributed by atoms with Gasteiger partial charge in [0.05, 0.1) is 0 Å². The Morgan fingerprint density at radius 2 is 1.94 bits per heavy atom. The molecule has 1 saturated heterocycles. The summed E-state index contributed by atoms with van der Waals surface area (Å²) >= 11 is 0. The van der Waals surface area contributed by atoms with Crippen molar-refractivity contribution in [2.24, 2.45) is 0 Å². The smallest absolute Gasteiger partial charge is 0.303 e. The fraction of sp³-hybridized carbons (Fsp3) is 0.909. The molecular weight excluding hydrogens is 252 g/mol. The normalized spacial score (nSPS) is 20.4. The number of hydrogen-bond donors (Lipinski definition) is 1. The Hall–Kier alpha value is -0.420. The average molecular weight is 272 g/mol. The Morgan fingerprint density at radius 1 is 1.24 bits per heavy atom. The zero-order valence-electron chi connectivity index (χ0n) is 9.83. The van der Waals surface area contributed by atoms with Gasteiger partial charge in [0.2, 0.25) is 5.92 Å². The third-order valence-electron chi connectivity index (χ3n) is 2.93. The highest BCUT2D eigenvalue weighted by Gasteiger charge is 2.31. The van der Waals surface area contributed by atoms with Crippen LogP contribution in [0.5, 0.6) is 0 Å². The fourth-order valence-electron chi connectivity index (χ4n) is 1.96. The first-order valence-electron chi connectivity index (χ1n) is 5.82. The molecule has 3 nitrogen and oxygen atoms in total. The van der Waals surface area contributed by atoms with Gasteiger partial charge in [-0.3, -0.25) is 4.79 Å². The van der Waals surface area contributed by atoms with Gasteiger partial charge in [-0.2, -0.15) is 0 Å². The summed E-state index contributed by atoms with van der Waals surface area (Å²) < 4.78 is 26.1. The van der Waals surface area contributed by atoms with E-state index in [0.717, 1.165) is 13.0 Å². The van der Waals surface area contributed by atoms with Crippen LogP contribution in [0.25, 0.3) is 0 Å². The summed E-state index contributed by atoms with van der Waals surface area (Å²) in [5.41, 5.74) is 0. The molecule has 0 spiro atoms. The van der Waals surface area contributed by atoms with Gasteiger partial charge in [0.25, 0.3) is 0 Å². The van der Waals surface area contributed by atoms with E-state index in [-0.39, 0.29) is 31.7 Å². The van der Waals surface area contributed by atoms with Crippen molar-refractivity contribution in [3.05, 3.63) is 0 Å². The highest BCUT2D eigenvalue weighted by atomic mass is 35.5. The minimum absolute atomic E-state index is 0. The molecule has 0 unspecified atom stereocenters. The van der Waals surface area contributed by atoms with Gasteiger partial charge in [-0.15, -0.1) is 12.4 Å². The van der Waals surface area contributed by atoms with E-state index in [1.165, 1.54) is 0 Å². The first-order valence-corrected chi connectivity index (χ1v) is 5.82. The maximum Gasteiger partial charge on any atom is 0.303 e. The van der Waals surface area contributed by atoms with Crippen LogP contribution in [-0.4, -0.2) is 41.5 Å². The molecule has 0 saturated carbocycles. The molecule has 0 aromatic carbocycles. The molecule has 0 radical (unpaired) electrons. The number of carboxylic acid groups (broad SMARTS) is 1. The fourth-order valence-corrected chi connectivity index (χ4v) is 1.96. The molecule has 1 fully saturated rings. The lowest BCUT2D eigenvalue weighted by Gasteiger charge is -2.19. The number of alkyl halides is 2. The van der Waals surface area contributed by atoms with Crippen LogP contribution in [0.15, 0.2) is 0 Å².